The summed E-state index contributed by atoms with van der Waals surface area (Å²) in [7, 11) is 0. The van der Waals surface area contributed by atoms with Crippen LogP contribution in [0.5, 0.6) is 0 Å². The number of hydrogen-bond acceptors (Lipinski definition) is 5. The first-order valence-electron chi connectivity index (χ1n) is 9.31. The van der Waals surface area contributed by atoms with Gasteiger partial charge in [0.2, 0.25) is 5.91 Å². The second kappa shape index (κ2) is 8.41. The fourth-order valence-corrected chi connectivity index (χ4v) is 3.92. The maximum atomic E-state index is 12.2. The molecule has 1 aromatic carbocycles. The molecule has 1 N–H and O–H groups in total. The number of thioether (sulfide) groups is 1. The standard InChI is InChI=1S/C20H21ClN4O2S/c1-2-25-19(14-3-4-14)23-24-20(25)28-12-18(26)22-11-16-9-10-17(27-16)13-5-7-15(21)8-6-13/h5-10,14H,2-4,11-12H2,1H3,(H,22,26). The summed E-state index contributed by atoms with van der Waals surface area (Å²) >= 11 is 7.33. The summed E-state index contributed by atoms with van der Waals surface area (Å²) in [4.78, 5) is 12.2. The molecule has 3 aromatic rings. The molecule has 1 saturated carbocycles. The van der Waals surface area contributed by atoms with E-state index in [1.165, 1.54) is 24.6 Å². The van der Waals surface area contributed by atoms with Crippen LogP contribution in [0.2, 0.25) is 5.02 Å². The first-order chi connectivity index (χ1) is 13.6. The van der Waals surface area contributed by atoms with Gasteiger partial charge >= 0.3 is 0 Å². The minimum Gasteiger partial charge on any atom is -0.459 e. The fourth-order valence-electron chi connectivity index (χ4n) is 2.96. The Hall–Kier alpha value is -2.25. The van der Waals surface area contributed by atoms with Gasteiger partial charge in [-0.25, -0.2) is 0 Å². The quantitative estimate of drug-likeness (QED) is 0.547. The molecule has 1 aliphatic carbocycles. The van der Waals surface area contributed by atoms with Gasteiger partial charge < -0.3 is 14.3 Å². The van der Waals surface area contributed by atoms with Crippen molar-refractivity contribution in [3.05, 3.63) is 53.0 Å². The van der Waals surface area contributed by atoms with Crippen LogP contribution in [-0.4, -0.2) is 26.4 Å². The van der Waals surface area contributed by atoms with Crippen LogP contribution in [0.25, 0.3) is 11.3 Å². The number of carbonyl (C=O) groups is 1. The molecule has 0 atom stereocenters. The van der Waals surface area contributed by atoms with Crippen LogP contribution in [0.1, 0.15) is 37.3 Å². The van der Waals surface area contributed by atoms with Crippen molar-refractivity contribution in [3.63, 3.8) is 0 Å². The molecule has 4 rings (SSSR count). The van der Waals surface area contributed by atoms with Crippen molar-refractivity contribution < 1.29 is 9.21 Å². The van der Waals surface area contributed by atoms with E-state index in [9.17, 15) is 4.79 Å². The number of halogens is 1. The molecule has 1 amide bonds. The number of nitrogens with one attached hydrogen (secondary N) is 1. The van der Waals surface area contributed by atoms with Gasteiger partial charge in [0, 0.05) is 23.0 Å². The van der Waals surface area contributed by atoms with E-state index in [1.54, 1.807) is 0 Å². The van der Waals surface area contributed by atoms with Crippen LogP contribution >= 0.6 is 23.4 Å². The zero-order valence-electron chi connectivity index (χ0n) is 15.5. The first-order valence-corrected chi connectivity index (χ1v) is 10.7. The molecule has 146 valence electrons. The summed E-state index contributed by atoms with van der Waals surface area (Å²) in [5.74, 6) is 3.29. The topological polar surface area (TPSA) is 73.0 Å². The third kappa shape index (κ3) is 4.42. The van der Waals surface area contributed by atoms with Gasteiger partial charge in [-0.05, 0) is 56.2 Å². The molecular formula is C20H21ClN4O2S. The molecule has 0 bridgehead atoms. The van der Waals surface area contributed by atoms with E-state index in [4.69, 9.17) is 16.0 Å². The Bertz CT molecular complexity index is 963. The van der Waals surface area contributed by atoms with Gasteiger partial charge in [0.25, 0.3) is 0 Å². The normalized spacial score (nSPS) is 13.6. The van der Waals surface area contributed by atoms with Gasteiger partial charge in [0.05, 0.1) is 12.3 Å². The molecule has 0 spiro atoms. The van der Waals surface area contributed by atoms with Gasteiger partial charge in [-0.15, -0.1) is 10.2 Å². The summed E-state index contributed by atoms with van der Waals surface area (Å²) in [6.07, 6.45) is 2.37. The van der Waals surface area contributed by atoms with Crippen molar-refractivity contribution in [2.45, 2.75) is 43.9 Å². The second-order valence-corrected chi connectivity index (χ2v) is 8.08. The predicted octanol–water partition coefficient (Wildman–Crippen LogP) is 4.50. The highest BCUT2D eigenvalue weighted by atomic mass is 35.5. The molecule has 2 aromatic heterocycles. The molecule has 0 aliphatic heterocycles. The maximum Gasteiger partial charge on any atom is 0.230 e. The summed E-state index contributed by atoms with van der Waals surface area (Å²) in [6.45, 7) is 3.25. The number of rotatable bonds is 8. The number of nitrogens with zero attached hydrogens (tertiary/aromatic N) is 3. The fraction of sp³-hybridized carbons (Fsp3) is 0.350. The molecule has 1 aliphatic rings. The zero-order chi connectivity index (χ0) is 19.5. The van der Waals surface area contributed by atoms with Crippen molar-refractivity contribution in [2.24, 2.45) is 0 Å². The molecule has 0 saturated heterocycles. The number of hydrogen-bond donors (Lipinski definition) is 1. The van der Waals surface area contributed by atoms with Gasteiger partial charge in [0.1, 0.15) is 17.3 Å². The SMILES string of the molecule is CCn1c(SCC(=O)NCc2ccc(-c3ccc(Cl)cc3)o2)nnc1C1CC1. The summed E-state index contributed by atoms with van der Waals surface area (Å²) in [6, 6.07) is 11.2. The van der Waals surface area contributed by atoms with Crippen LogP contribution in [-0.2, 0) is 17.9 Å². The van der Waals surface area contributed by atoms with E-state index in [1.807, 2.05) is 36.4 Å². The first kappa shape index (κ1) is 19.1. The van der Waals surface area contributed by atoms with Gasteiger partial charge in [-0.3, -0.25) is 4.79 Å². The van der Waals surface area contributed by atoms with Crippen molar-refractivity contribution in [1.82, 2.24) is 20.1 Å². The molecular weight excluding hydrogens is 396 g/mol. The highest BCUT2D eigenvalue weighted by molar-refractivity contribution is 7.99. The van der Waals surface area contributed by atoms with E-state index in [2.05, 4.69) is 27.0 Å². The highest BCUT2D eigenvalue weighted by Crippen LogP contribution is 2.39. The average molecular weight is 417 g/mol. The molecule has 2 heterocycles. The lowest BCUT2D eigenvalue weighted by molar-refractivity contribution is -0.118. The summed E-state index contributed by atoms with van der Waals surface area (Å²) in [5.41, 5.74) is 0.947. The van der Waals surface area contributed by atoms with E-state index in [-0.39, 0.29) is 5.91 Å². The Balaban J connectivity index is 1.29. The molecule has 0 radical (unpaired) electrons. The smallest absolute Gasteiger partial charge is 0.230 e. The lowest BCUT2D eigenvalue weighted by atomic mass is 10.2. The van der Waals surface area contributed by atoms with Crippen molar-refractivity contribution in [1.29, 1.82) is 0 Å². The Morgan fingerprint density at radius 1 is 1.25 bits per heavy atom. The van der Waals surface area contributed by atoms with Crippen molar-refractivity contribution >= 4 is 29.3 Å². The Kier molecular flexibility index (Phi) is 5.73. The number of benzene rings is 1. The Labute approximate surface area is 172 Å². The Morgan fingerprint density at radius 2 is 2.04 bits per heavy atom. The summed E-state index contributed by atoms with van der Waals surface area (Å²) < 4.78 is 7.92. The van der Waals surface area contributed by atoms with Crippen molar-refractivity contribution in [3.8, 4) is 11.3 Å². The average Bonchev–Trinajstić information content (AvgIpc) is 3.29. The molecule has 8 heteroatoms. The van der Waals surface area contributed by atoms with Crippen LogP contribution in [0, 0.1) is 0 Å². The minimum absolute atomic E-state index is 0.0620. The molecule has 1 fully saturated rings. The van der Waals surface area contributed by atoms with Crippen molar-refractivity contribution in [2.75, 3.05) is 5.75 Å². The highest BCUT2D eigenvalue weighted by Gasteiger charge is 2.30. The van der Waals surface area contributed by atoms with Gasteiger partial charge in [-0.1, -0.05) is 23.4 Å². The largest absolute Gasteiger partial charge is 0.459 e. The van der Waals surface area contributed by atoms with E-state index in [0.717, 1.165) is 28.8 Å². The minimum atomic E-state index is -0.0620. The maximum absolute atomic E-state index is 12.2. The lowest BCUT2D eigenvalue weighted by Crippen LogP contribution is -2.24. The third-order valence-electron chi connectivity index (χ3n) is 4.59. The van der Waals surface area contributed by atoms with Crippen LogP contribution < -0.4 is 5.32 Å². The molecule has 28 heavy (non-hydrogen) atoms. The number of furan rings is 1. The van der Waals surface area contributed by atoms with E-state index in [0.29, 0.717) is 29.0 Å². The number of amides is 1. The number of carbonyl (C=O) groups excluding carboxylic acids is 1. The number of aromatic nitrogens is 3. The lowest BCUT2D eigenvalue weighted by Gasteiger charge is -2.06. The van der Waals surface area contributed by atoms with E-state index >= 15 is 0 Å². The molecule has 6 nitrogen and oxygen atoms in total. The van der Waals surface area contributed by atoms with Crippen LogP contribution in [0.15, 0.2) is 46.0 Å². The Morgan fingerprint density at radius 3 is 2.75 bits per heavy atom. The molecule has 0 unspecified atom stereocenters. The monoisotopic (exact) mass is 416 g/mol. The van der Waals surface area contributed by atoms with Gasteiger partial charge in [-0.2, -0.15) is 0 Å². The zero-order valence-corrected chi connectivity index (χ0v) is 17.1. The van der Waals surface area contributed by atoms with Crippen LogP contribution in [0.3, 0.4) is 0 Å². The van der Waals surface area contributed by atoms with Crippen LogP contribution in [0.4, 0.5) is 0 Å². The summed E-state index contributed by atoms with van der Waals surface area (Å²) in [5, 5.41) is 12.9. The second-order valence-electron chi connectivity index (χ2n) is 6.70. The van der Waals surface area contributed by atoms with E-state index < -0.39 is 0 Å². The third-order valence-corrected chi connectivity index (χ3v) is 5.81. The van der Waals surface area contributed by atoms with Gasteiger partial charge in [0.15, 0.2) is 5.16 Å². The predicted molar refractivity (Wildman–Crippen MR) is 109 cm³/mol.